The van der Waals surface area contributed by atoms with Gasteiger partial charge in [-0.15, -0.1) is 0 Å². The molecule has 2 aromatic rings. The van der Waals surface area contributed by atoms with Gasteiger partial charge in [0.1, 0.15) is 5.69 Å². The number of carbonyl (C=O) groups excluding carboxylic acids is 1. The highest BCUT2D eigenvalue weighted by molar-refractivity contribution is 5.92. The van der Waals surface area contributed by atoms with Crippen molar-refractivity contribution in [1.29, 1.82) is 0 Å². The van der Waals surface area contributed by atoms with Crippen LogP contribution in [0.4, 0.5) is 0 Å². The molecule has 0 aromatic carbocycles. The number of nitrogens with zero attached hydrogens (tertiary/aromatic N) is 6. The molecule has 0 atom stereocenters. The van der Waals surface area contributed by atoms with Gasteiger partial charge in [0, 0.05) is 26.7 Å². The van der Waals surface area contributed by atoms with Crippen molar-refractivity contribution in [3.63, 3.8) is 0 Å². The molecule has 118 valence electrons. The zero-order valence-corrected chi connectivity index (χ0v) is 13.1. The summed E-state index contributed by atoms with van der Waals surface area (Å²) in [4.78, 5) is 26.5. The van der Waals surface area contributed by atoms with Crippen LogP contribution in [-0.2, 0) is 26.7 Å². The molecule has 1 aliphatic rings. The highest BCUT2D eigenvalue weighted by Crippen LogP contribution is 2.13. The summed E-state index contributed by atoms with van der Waals surface area (Å²) < 4.78 is 4.74. The summed E-state index contributed by atoms with van der Waals surface area (Å²) >= 11 is 0. The first-order valence-electron chi connectivity index (χ1n) is 7.47. The highest BCUT2D eigenvalue weighted by atomic mass is 16.2. The van der Waals surface area contributed by atoms with E-state index in [-0.39, 0.29) is 11.6 Å². The van der Waals surface area contributed by atoms with Crippen molar-refractivity contribution in [2.45, 2.75) is 39.9 Å². The van der Waals surface area contributed by atoms with Crippen LogP contribution >= 0.6 is 0 Å². The van der Waals surface area contributed by atoms with Crippen LogP contribution in [0.25, 0.3) is 0 Å². The SMILES string of the molecule is CCCn1nc2n(c1=O)CCN(C(=O)c1cc(C)nn1C)C2. The lowest BCUT2D eigenvalue weighted by Crippen LogP contribution is -2.41. The van der Waals surface area contributed by atoms with Crippen molar-refractivity contribution in [2.75, 3.05) is 6.54 Å². The van der Waals surface area contributed by atoms with E-state index in [1.165, 1.54) is 4.68 Å². The molecular weight excluding hydrogens is 284 g/mol. The Morgan fingerprint density at radius 2 is 2.09 bits per heavy atom. The molecule has 2 aromatic heterocycles. The topological polar surface area (TPSA) is 78.0 Å². The third-order valence-electron chi connectivity index (χ3n) is 3.87. The molecule has 3 rings (SSSR count). The smallest absolute Gasteiger partial charge is 0.328 e. The lowest BCUT2D eigenvalue weighted by Gasteiger charge is -2.26. The fraction of sp³-hybridized carbons (Fsp3) is 0.571. The molecule has 8 nitrogen and oxygen atoms in total. The van der Waals surface area contributed by atoms with Crippen molar-refractivity contribution < 1.29 is 4.79 Å². The maximum absolute atomic E-state index is 12.6. The number of aromatic nitrogens is 5. The predicted octanol–water partition coefficient (Wildman–Crippen LogP) is 0.153. The zero-order chi connectivity index (χ0) is 15.9. The summed E-state index contributed by atoms with van der Waals surface area (Å²) in [6.07, 6.45) is 0.854. The van der Waals surface area contributed by atoms with Crippen LogP contribution in [0.15, 0.2) is 10.9 Å². The number of rotatable bonds is 3. The van der Waals surface area contributed by atoms with Crippen LogP contribution in [0, 0.1) is 6.92 Å². The van der Waals surface area contributed by atoms with E-state index >= 15 is 0 Å². The maximum atomic E-state index is 12.6. The molecule has 0 saturated heterocycles. The molecule has 8 heteroatoms. The first kappa shape index (κ1) is 14.6. The minimum absolute atomic E-state index is 0.0770. The van der Waals surface area contributed by atoms with E-state index in [2.05, 4.69) is 10.2 Å². The molecule has 0 radical (unpaired) electrons. The molecule has 22 heavy (non-hydrogen) atoms. The van der Waals surface area contributed by atoms with E-state index in [1.807, 2.05) is 13.8 Å². The summed E-state index contributed by atoms with van der Waals surface area (Å²) in [5, 5.41) is 8.55. The van der Waals surface area contributed by atoms with Crippen molar-refractivity contribution in [3.8, 4) is 0 Å². The average molecular weight is 304 g/mol. The molecule has 1 amide bonds. The predicted molar refractivity (Wildman–Crippen MR) is 79.5 cm³/mol. The van der Waals surface area contributed by atoms with E-state index in [9.17, 15) is 9.59 Å². The maximum Gasteiger partial charge on any atom is 0.346 e. The second-order valence-corrected chi connectivity index (χ2v) is 5.59. The van der Waals surface area contributed by atoms with Gasteiger partial charge >= 0.3 is 5.69 Å². The van der Waals surface area contributed by atoms with Crippen molar-refractivity contribution in [2.24, 2.45) is 7.05 Å². The number of amides is 1. The van der Waals surface area contributed by atoms with E-state index in [4.69, 9.17) is 0 Å². The summed E-state index contributed by atoms with van der Waals surface area (Å²) in [6.45, 7) is 5.82. The summed E-state index contributed by atoms with van der Waals surface area (Å²) in [5.41, 5.74) is 1.29. The Kier molecular flexibility index (Phi) is 3.59. The van der Waals surface area contributed by atoms with Gasteiger partial charge in [0.05, 0.1) is 12.2 Å². The van der Waals surface area contributed by atoms with Crippen LogP contribution in [0.3, 0.4) is 0 Å². The molecule has 0 N–H and O–H groups in total. The molecule has 0 aliphatic carbocycles. The summed E-state index contributed by atoms with van der Waals surface area (Å²) in [7, 11) is 1.76. The fourth-order valence-corrected chi connectivity index (χ4v) is 2.80. The van der Waals surface area contributed by atoms with Gasteiger partial charge in [-0.25, -0.2) is 9.48 Å². The largest absolute Gasteiger partial charge is 0.346 e. The Morgan fingerprint density at radius 1 is 1.32 bits per heavy atom. The normalized spacial score (nSPS) is 14.2. The molecule has 1 aliphatic heterocycles. The Bertz CT molecular complexity index is 769. The van der Waals surface area contributed by atoms with Gasteiger partial charge in [-0.2, -0.15) is 10.2 Å². The van der Waals surface area contributed by atoms with Crippen LogP contribution in [0.1, 0.15) is 35.4 Å². The quantitative estimate of drug-likeness (QED) is 0.809. The fourth-order valence-electron chi connectivity index (χ4n) is 2.80. The third-order valence-corrected chi connectivity index (χ3v) is 3.87. The van der Waals surface area contributed by atoms with Crippen LogP contribution in [0.2, 0.25) is 0 Å². The van der Waals surface area contributed by atoms with Gasteiger partial charge < -0.3 is 4.90 Å². The van der Waals surface area contributed by atoms with Gasteiger partial charge in [-0.05, 0) is 19.4 Å². The Morgan fingerprint density at radius 3 is 2.73 bits per heavy atom. The van der Waals surface area contributed by atoms with E-state index in [0.29, 0.717) is 37.7 Å². The van der Waals surface area contributed by atoms with E-state index in [0.717, 1.165) is 12.1 Å². The van der Waals surface area contributed by atoms with Gasteiger partial charge in [-0.1, -0.05) is 6.92 Å². The lowest BCUT2D eigenvalue weighted by molar-refractivity contribution is 0.0695. The first-order chi connectivity index (χ1) is 10.5. The lowest BCUT2D eigenvalue weighted by atomic mass is 10.3. The second kappa shape index (κ2) is 5.43. The van der Waals surface area contributed by atoms with Crippen LogP contribution in [0.5, 0.6) is 0 Å². The number of hydrogen-bond acceptors (Lipinski definition) is 4. The number of hydrogen-bond donors (Lipinski definition) is 0. The summed E-state index contributed by atoms with van der Waals surface area (Å²) in [5.74, 6) is 0.573. The summed E-state index contributed by atoms with van der Waals surface area (Å²) in [6, 6.07) is 1.78. The van der Waals surface area contributed by atoms with E-state index in [1.54, 1.807) is 27.3 Å². The minimum Gasteiger partial charge on any atom is -0.328 e. The molecule has 0 unspecified atom stereocenters. The Labute approximate surface area is 127 Å². The van der Waals surface area contributed by atoms with Crippen molar-refractivity contribution in [3.05, 3.63) is 33.8 Å². The van der Waals surface area contributed by atoms with Gasteiger partial charge in [-0.3, -0.25) is 14.0 Å². The highest BCUT2D eigenvalue weighted by Gasteiger charge is 2.27. The molecule has 0 bridgehead atoms. The monoisotopic (exact) mass is 304 g/mol. The third kappa shape index (κ3) is 2.34. The van der Waals surface area contributed by atoms with Gasteiger partial charge in [0.25, 0.3) is 5.91 Å². The number of carbonyl (C=O) groups is 1. The first-order valence-corrected chi connectivity index (χ1v) is 7.47. The average Bonchev–Trinajstić information content (AvgIpc) is 2.98. The Balaban J connectivity index is 1.85. The second-order valence-electron chi connectivity index (χ2n) is 5.59. The molecule has 0 fully saturated rings. The van der Waals surface area contributed by atoms with Gasteiger partial charge in [0.2, 0.25) is 0 Å². The standard InChI is InChI=1S/C14H20N6O2/c1-4-5-20-14(22)19-7-6-18(9-12(19)16-20)13(21)11-8-10(2)15-17(11)3/h8H,4-7,9H2,1-3H3. The van der Waals surface area contributed by atoms with Crippen molar-refractivity contribution >= 4 is 5.91 Å². The number of aryl methyl sites for hydroxylation is 3. The number of fused-ring (bicyclic) bond motifs is 1. The molecular formula is C14H20N6O2. The minimum atomic E-state index is -0.0830. The molecule has 3 heterocycles. The van der Waals surface area contributed by atoms with Crippen LogP contribution < -0.4 is 5.69 Å². The molecule has 0 saturated carbocycles. The zero-order valence-electron chi connectivity index (χ0n) is 13.1. The molecule has 0 spiro atoms. The van der Waals surface area contributed by atoms with Crippen molar-refractivity contribution in [1.82, 2.24) is 29.0 Å². The van der Waals surface area contributed by atoms with E-state index < -0.39 is 0 Å². The van der Waals surface area contributed by atoms with Gasteiger partial charge in [0.15, 0.2) is 5.82 Å². The Hall–Kier alpha value is -2.38. The van der Waals surface area contributed by atoms with Crippen LogP contribution in [-0.4, -0.2) is 41.5 Å².